The smallest absolute Gasteiger partial charge is 0.331 e. The molecular formula is C40H80O14Ti. The molecule has 0 aromatic rings. The zero-order valence-electron chi connectivity index (χ0n) is 34.5. The van der Waals surface area contributed by atoms with Crippen molar-refractivity contribution < 1.29 is 90.5 Å². The molecule has 0 aliphatic heterocycles. The van der Waals surface area contributed by atoms with E-state index in [4.69, 9.17) is 49.6 Å². The summed E-state index contributed by atoms with van der Waals surface area (Å²) in [6, 6.07) is 0. The molecule has 0 aliphatic carbocycles. The van der Waals surface area contributed by atoms with Crippen LogP contribution in [0.5, 0.6) is 0 Å². The Morgan fingerprint density at radius 3 is 0.673 bits per heavy atom. The Hall–Kier alpha value is -1.65. The van der Waals surface area contributed by atoms with Crippen molar-refractivity contribution in [3.8, 4) is 0 Å². The number of aliphatic hydroxyl groups is 6. The molecule has 328 valence electrons. The van der Waals surface area contributed by atoms with Crippen LogP contribution in [0.25, 0.3) is 0 Å². The van der Waals surface area contributed by atoms with Gasteiger partial charge in [-0.25, -0.2) is 19.2 Å². The molecule has 55 heavy (non-hydrogen) atoms. The van der Waals surface area contributed by atoms with Gasteiger partial charge in [-0.15, -0.1) is 0 Å². The predicted octanol–water partition coefficient (Wildman–Crippen LogP) is 5.47. The molecule has 0 unspecified atom stereocenters. The van der Waals surface area contributed by atoms with Crippen LogP contribution in [0, 0.1) is 0 Å². The number of carbonyl (C=O) groups is 4. The van der Waals surface area contributed by atoms with Crippen molar-refractivity contribution in [3.05, 3.63) is 0 Å². The van der Waals surface area contributed by atoms with Gasteiger partial charge in [-0.3, -0.25) is 0 Å². The van der Waals surface area contributed by atoms with Crippen LogP contribution in [0.1, 0.15) is 168 Å². The molecule has 0 atom stereocenters. The van der Waals surface area contributed by atoms with Crippen LogP contribution in [-0.2, 0) is 59.8 Å². The maximum atomic E-state index is 10.6. The minimum atomic E-state index is -0.583. The number of rotatable bonds is 34. The molecule has 14 nitrogen and oxygen atoms in total. The first-order chi connectivity index (χ1) is 26.2. The van der Waals surface area contributed by atoms with Gasteiger partial charge in [0.25, 0.3) is 0 Å². The first kappa shape index (κ1) is 62.5. The van der Waals surface area contributed by atoms with Gasteiger partial charge in [0, 0.05) is 34.9 Å². The second-order valence-corrected chi connectivity index (χ2v) is 12.7. The van der Waals surface area contributed by atoms with Crippen LogP contribution < -0.4 is 0 Å². The molecule has 0 aromatic carbocycles. The Morgan fingerprint density at radius 2 is 0.491 bits per heavy atom. The fourth-order valence-electron chi connectivity index (χ4n) is 4.53. The molecule has 0 bridgehead atoms. The molecule has 0 heterocycles. The van der Waals surface area contributed by atoms with Crippen molar-refractivity contribution in [3.63, 3.8) is 0 Å². The fourth-order valence-corrected chi connectivity index (χ4v) is 4.53. The van der Waals surface area contributed by atoms with E-state index >= 15 is 0 Å². The van der Waals surface area contributed by atoms with Gasteiger partial charge in [0.15, 0.2) is 0 Å². The van der Waals surface area contributed by atoms with Crippen molar-refractivity contribution in [1.29, 1.82) is 0 Å². The summed E-state index contributed by atoms with van der Waals surface area (Å²) in [5.41, 5.74) is 0. The normalized spacial score (nSPS) is 9.89. The number of hydrogen-bond donors (Lipinski definition) is 6. The van der Waals surface area contributed by atoms with Gasteiger partial charge in [-0.1, -0.05) is 129 Å². The number of aliphatic hydroxyl groups excluding tert-OH is 6. The van der Waals surface area contributed by atoms with E-state index in [1.165, 1.54) is 64.2 Å². The molecule has 6 N–H and O–H groups in total. The fraction of sp³-hybridized carbons (Fsp3) is 0.900. The summed E-state index contributed by atoms with van der Waals surface area (Å²) in [4.78, 5) is 42.3. The molecule has 0 rings (SSSR count). The zero-order valence-corrected chi connectivity index (χ0v) is 36.1. The molecule has 0 amide bonds. The van der Waals surface area contributed by atoms with Gasteiger partial charge in [-0.05, 0) is 38.5 Å². The molecular weight excluding hydrogens is 752 g/mol. The van der Waals surface area contributed by atoms with Crippen molar-refractivity contribution >= 4 is 23.9 Å². The monoisotopic (exact) mass is 833 g/mol. The number of ether oxygens (including phenoxy) is 4. The first-order valence-corrected chi connectivity index (χ1v) is 20.5. The molecule has 0 aliphatic rings. The average molecular weight is 833 g/mol. The summed E-state index contributed by atoms with van der Waals surface area (Å²) in [7, 11) is 0. The summed E-state index contributed by atoms with van der Waals surface area (Å²) in [6.45, 7) is 4.33. The van der Waals surface area contributed by atoms with Crippen LogP contribution >= 0.6 is 0 Å². The summed E-state index contributed by atoms with van der Waals surface area (Å²) < 4.78 is 18.8. The molecule has 15 heteroatoms. The van der Waals surface area contributed by atoms with Crippen LogP contribution in [0.3, 0.4) is 0 Å². The van der Waals surface area contributed by atoms with E-state index in [0.29, 0.717) is 39.6 Å². The minimum absolute atomic E-state index is 0. The van der Waals surface area contributed by atoms with Gasteiger partial charge >= 0.3 is 23.9 Å². The zero-order chi connectivity index (χ0) is 41.2. The second kappa shape index (κ2) is 59.1. The predicted molar refractivity (Wildman–Crippen MR) is 209 cm³/mol. The molecule has 0 saturated carbocycles. The van der Waals surface area contributed by atoms with E-state index in [2.05, 4.69) is 13.8 Å². The first-order valence-electron chi connectivity index (χ1n) is 20.5. The van der Waals surface area contributed by atoms with E-state index in [-0.39, 0.29) is 21.7 Å². The van der Waals surface area contributed by atoms with Crippen molar-refractivity contribution in [2.45, 2.75) is 168 Å². The molecule has 0 aromatic heterocycles. The van der Waals surface area contributed by atoms with E-state index < -0.39 is 50.3 Å². The summed E-state index contributed by atoms with van der Waals surface area (Å²) in [5, 5.41) is 50.4. The topological polar surface area (TPSA) is 227 Å². The third-order valence-corrected chi connectivity index (χ3v) is 7.67. The maximum absolute atomic E-state index is 10.6. The average Bonchev–Trinajstić information content (AvgIpc) is 3.19. The van der Waals surface area contributed by atoms with Gasteiger partial charge in [0.05, 0.1) is 26.4 Å². The molecule has 0 spiro atoms. The third kappa shape index (κ3) is 67.5. The van der Waals surface area contributed by atoms with Gasteiger partial charge < -0.3 is 49.6 Å². The summed E-state index contributed by atoms with van der Waals surface area (Å²) in [5.74, 6) is -2.33. The van der Waals surface area contributed by atoms with E-state index in [0.717, 1.165) is 89.9 Å². The molecule has 0 radical (unpaired) electrons. The Bertz CT molecular complexity index is 652. The number of esters is 4. The van der Waals surface area contributed by atoms with E-state index in [9.17, 15) is 19.2 Å². The Balaban J connectivity index is -0.000000211. The van der Waals surface area contributed by atoms with E-state index in [1.807, 2.05) is 0 Å². The SMILES string of the molecule is CCCCCCCCO.CCCCCCCCO.O=C(CO)OCCCCCCCCOC(=O)CO.O=C(CO)OCCCCCCCCOC(=O)CO.[Ti]. The maximum Gasteiger partial charge on any atom is 0.331 e. The molecule has 0 fully saturated rings. The summed E-state index contributed by atoms with van der Waals surface area (Å²) in [6.07, 6.45) is 26.2. The quantitative estimate of drug-likeness (QED) is 0.0205. The third-order valence-electron chi connectivity index (χ3n) is 7.67. The Kier molecular flexibility index (Phi) is 67.2. The van der Waals surface area contributed by atoms with Crippen LogP contribution in [0.15, 0.2) is 0 Å². The Morgan fingerprint density at radius 1 is 0.309 bits per heavy atom. The van der Waals surface area contributed by atoms with Crippen molar-refractivity contribution in [2.24, 2.45) is 0 Å². The van der Waals surface area contributed by atoms with Gasteiger partial charge in [-0.2, -0.15) is 0 Å². The number of carbonyl (C=O) groups excluding carboxylic acids is 4. The van der Waals surface area contributed by atoms with Gasteiger partial charge in [0.2, 0.25) is 0 Å². The number of hydrogen-bond acceptors (Lipinski definition) is 14. The number of unbranched alkanes of at least 4 members (excludes halogenated alkanes) is 20. The van der Waals surface area contributed by atoms with Crippen LogP contribution in [-0.4, -0.2) is 121 Å². The second-order valence-electron chi connectivity index (χ2n) is 12.7. The minimum Gasteiger partial charge on any atom is -0.464 e. The largest absolute Gasteiger partial charge is 0.464 e. The van der Waals surface area contributed by atoms with E-state index in [1.54, 1.807) is 0 Å². The Labute approximate surface area is 347 Å². The molecule has 0 saturated heterocycles. The van der Waals surface area contributed by atoms with Crippen LogP contribution in [0.2, 0.25) is 0 Å². The van der Waals surface area contributed by atoms with Gasteiger partial charge in [0.1, 0.15) is 26.4 Å². The standard InChI is InChI=1S/2C12H22O6.2C8H18O.Ti/c2*13-9-11(15)17-7-5-3-1-2-4-6-8-18-12(16)10-14;2*1-2-3-4-5-6-7-8-9;/h2*13-14H,1-10H2;2*9H,2-8H2,1H3;. The van der Waals surface area contributed by atoms with Crippen molar-refractivity contribution in [2.75, 3.05) is 66.1 Å². The van der Waals surface area contributed by atoms with Crippen molar-refractivity contribution in [1.82, 2.24) is 0 Å². The van der Waals surface area contributed by atoms with Crippen LogP contribution in [0.4, 0.5) is 0 Å². The summed E-state index contributed by atoms with van der Waals surface area (Å²) >= 11 is 0.